The van der Waals surface area contributed by atoms with E-state index in [1.165, 1.54) is 0 Å². The number of halogens is 1. The van der Waals surface area contributed by atoms with Gasteiger partial charge in [0.05, 0.1) is 38.9 Å². The summed E-state index contributed by atoms with van der Waals surface area (Å²) in [6.45, 7) is 7.49. The molecule has 3 aromatic rings. The van der Waals surface area contributed by atoms with Crippen molar-refractivity contribution < 1.29 is 28.5 Å². The number of hydrogen-bond donors (Lipinski definition) is 0. The topological polar surface area (TPSA) is 87.2 Å². The number of piperidine rings is 1. The molecule has 0 bridgehead atoms. The van der Waals surface area contributed by atoms with Crippen LogP contribution in [0, 0.1) is 11.3 Å². The van der Waals surface area contributed by atoms with Gasteiger partial charge in [-0.15, -0.1) is 0 Å². The van der Waals surface area contributed by atoms with Crippen LogP contribution in [0.5, 0.6) is 23.0 Å². The molecule has 3 heterocycles. The highest BCUT2D eigenvalue weighted by atomic mass is 35.5. The van der Waals surface area contributed by atoms with Crippen molar-refractivity contribution >= 4 is 34.2 Å². The highest BCUT2D eigenvalue weighted by molar-refractivity contribution is 6.31. The summed E-state index contributed by atoms with van der Waals surface area (Å²) in [5.74, 6) is 2.73. The van der Waals surface area contributed by atoms with Crippen LogP contribution in [0.3, 0.4) is 0 Å². The number of fused-ring (bicyclic) bond motifs is 1. The molecule has 0 unspecified atom stereocenters. The minimum atomic E-state index is 0.0997. The smallest absolute Gasteiger partial charge is 0.225 e. The molecule has 1 amide bonds. The maximum Gasteiger partial charge on any atom is 0.225 e. The zero-order valence-electron chi connectivity index (χ0n) is 23.9. The first-order valence-electron chi connectivity index (χ1n) is 14.2. The van der Waals surface area contributed by atoms with Gasteiger partial charge in [0.2, 0.25) is 5.91 Å². The molecule has 0 aliphatic carbocycles. The minimum Gasteiger partial charge on any atom is -0.493 e. The Labute approximate surface area is 245 Å². The van der Waals surface area contributed by atoms with Crippen LogP contribution >= 0.6 is 11.6 Å². The predicted molar refractivity (Wildman–Crippen MR) is 157 cm³/mol. The Morgan fingerprint density at radius 2 is 1.85 bits per heavy atom. The zero-order chi connectivity index (χ0) is 29.0. The molecule has 8 nitrogen and oxygen atoms in total. The number of likely N-dealkylation sites (tertiary alicyclic amines) is 1. The van der Waals surface area contributed by atoms with E-state index in [0.717, 1.165) is 50.1 Å². The fourth-order valence-electron chi connectivity index (χ4n) is 5.41. The number of ether oxygens (including phenoxy) is 4. The largest absolute Gasteiger partial charge is 0.493 e. The van der Waals surface area contributed by atoms with Crippen molar-refractivity contribution in [1.82, 2.24) is 9.88 Å². The molecular weight excluding hydrogens is 544 g/mol. The molecule has 2 fully saturated rings. The molecule has 2 aliphatic heterocycles. The van der Waals surface area contributed by atoms with E-state index in [-0.39, 0.29) is 18.3 Å². The van der Waals surface area contributed by atoms with Gasteiger partial charge in [-0.05, 0) is 48.6 Å². The molecule has 2 aromatic carbocycles. The second-order valence-electron chi connectivity index (χ2n) is 11.5. The first-order chi connectivity index (χ1) is 19.7. The van der Waals surface area contributed by atoms with Gasteiger partial charge in [0.1, 0.15) is 17.3 Å². The van der Waals surface area contributed by atoms with E-state index < -0.39 is 0 Å². The second kappa shape index (κ2) is 12.7. The number of ketones is 1. The fourth-order valence-corrected chi connectivity index (χ4v) is 5.65. The van der Waals surface area contributed by atoms with E-state index in [1.54, 1.807) is 31.5 Å². The lowest BCUT2D eigenvalue weighted by atomic mass is 9.77. The van der Waals surface area contributed by atoms with Gasteiger partial charge in [-0.2, -0.15) is 0 Å². The normalized spacial score (nSPS) is 16.1. The molecule has 1 aromatic heterocycles. The van der Waals surface area contributed by atoms with Crippen LogP contribution in [-0.4, -0.2) is 61.6 Å². The minimum absolute atomic E-state index is 0.0997. The number of rotatable bonds is 11. The summed E-state index contributed by atoms with van der Waals surface area (Å²) in [6.07, 6.45) is 4.78. The number of nitrogens with zero attached hydrogens (tertiary/aromatic N) is 2. The Balaban J connectivity index is 1.23. The van der Waals surface area contributed by atoms with Gasteiger partial charge >= 0.3 is 0 Å². The lowest BCUT2D eigenvalue weighted by Crippen LogP contribution is -2.52. The molecule has 41 heavy (non-hydrogen) atoms. The standard InChI is InChI=1S/C32H37ClN2O6/c1-21(2)14-23(36)15-22-4-5-24(16-26(22)33)41-28-6-10-34-27-18-30(29(38-3)17-25(27)28)40-13-7-31(37)35-11-8-32(9-12-35)19-39-20-32/h4-6,10,16-18,21H,7-9,11-15,19-20H2,1-3H3. The third-order valence-corrected chi connectivity index (χ3v) is 8.18. The molecule has 1 spiro atoms. The number of amides is 1. The average Bonchev–Trinajstić information content (AvgIpc) is 2.93. The highest BCUT2D eigenvalue weighted by Crippen LogP contribution is 2.39. The Morgan fingerprint density at radius 3 is 2.51 bits per heavy atom. The average molecular weight is 581 g/mol. The number of Topliss-reactive ketones (excluding diaryl/α,β-unsaturated/α-hetero) is 1. The summed E-state index contributed by atoms with van der Waals surface area (Å²) in [5.41, 5.74) is 1.74. The molecule has 9 heteroatoms. The monoisotopic (exact) mass is 580 g/mol. The van der Waals surface area contributed by atoms with Gasteiger partial charge in [-0.1, -0.05) is 31.5 Å². The van der Waals surface area contributed by atoms with Crippen LogP contribution < -0.4 is 14.2 Å². The summed E-state index contributed by atoms with van der Waals surface area (Å²) >= 11 is 6.49. The molecule has 5 rings (SSSR count). The van der Waals surface area contributed by atoms with Gasteiger partial charge in [-0.25, -0.2) is 0 Å². The van der Waals surface area contributed by atoms with Crippen molar-refractivity contribution in [2.75, 3.05) is 40.0 Å². The van der Waals surface area contributed by atoms with E-state index in [1.807, 2.05) is 36.9 Å². The van der Waals surface area contributed by atoms with Gasteiger partial charge in [0, 0.05) is 54.0 Å². The van der Waals surface area contributed by atoms with Gasteiger partial charge < -0.3 is 23.8 Å². The van der Waals surface area contributed by atoms with E-state index >= 15 is 0 Å². The Kier molecular flexibility index (Phi) is 9.00. The SMILES string of the molecule is COc1cc2c(Oc3ccc(CC(=O)CC(C)C)c(Cl)c3)ccnc2cc1OCCC(=O)N1CCC2(CC1)COC2. The number of methoxy groups -OCH3 is 1. The van der Waals surface area contributed by atoms with Crippen LogP contribution in [-0.2, 0) is 20.7 Å². The van der Waals surface area contributed by atoms with Crippen molar-refractivity contribution in [2.24, 2.45) is 11.3 Å². The van der Waals surface area contributed by atoms with E-state index in [2.05, 4.69) is 4.98 Å². The number of aromatic nitrogens is 1. The zero-order valence-corrected chi connectivity index (χ0v) is 24.7. The molecule has 218 valence electrons. The van der Waals surface area contributed by atoms with Crippen LogP contribution in [0.25, 0.3) is 10.9 Å². The predicted octanol–water partition coefficient (Wildman–Crippen LogP) is 6.25. The first-order valence-corrected chi connectivity index (χ1v) is 14.6. The van der Waals surface area contributed by atoms with Crippen molar-refractivity contribution in [3.63, 3.8) is 0 Å². The first kappa shape index (κ1) is 29.1. The third kappa shape index (κ3) is 6.93. The quantitative estimate of drug-likeness (QED) is 0.265. The number of hydrogen-bond acceptors (Lipinski definition) is 7. The maximum absolute atomic E-state index is 12.8. The molecule has 2 aliphatic rings. The van der Waals surface area contributed by atoms with Gasteiger partial charge in [0.25, 0.3) is 0 Å². The molecule has 0 saturated carbocycles. The summed E-state index contributed by atoms with van der Waals surface area (Å²) in [7, 11) is 1.57. The lowest BCUT2D eigenvalue weighted by molar-refractivity contribution is -0.153. The lowest BCUT2D eigenvalue weighted by Gasteiger charge is -2.47. The van der Waals surface area contributed by atoms with Crippen molar-refractivity contribution in [1.29, 1.82) is 0 Å². The summed E-state index contributed by atoms with van der Waals surface area (Å²) in [5, 5.41) is 1.23. The van der Waals surface area contributed by atoms with Gasteiger partial charge in [-0.3, -0.25) is 14.6 Å². The fraction of sp³-hybridized carbons (Fsp3) is 0.469. The Morgan fingerprint density at radius 1 is 1.07 bits per heavy atom. The van der Waals surface area contributed by atoms with E-state index in [0.29, 0.717) is 64.1 Å². The Hall–Kier alpha value is -3.36. The van der Waals surface area contributed by atoms with Crippen LogP contribution in [0.4, 0.5) is 0 Å². The van der Waals surface area contributed by atoms with Crippen molar-refractivity contribution in [3.05, 3.63) is 53.2 Å². The van der Waals surface area contributed by atoms with Crippen molar-refractivity contribution in [3.8, 4) is 23.0 Å². The second-order valence-corrected chi connectivity index (χ2v) is 11.9. The van der Waals surface area contributed by atoms with Crippen LogP contribution in [0.2, 0.25) is 5.02 Å². The molecule has 0 N–H and O–H groups in total. The molecule has 0 radical (unpaired) electrons. The van der Waals surface area contributed by atoms with Gasteiger partial charge in [0.15, 0.2) is 11.5 Å². The van der Waals surface area contributed by atoms with Crippen LogP contribution in [0.1, 0.15) is 45.1 Å². The highest BCUT2D eigenvalue weighted by Gasteiger charge is 2.41. The molecule has 2 saturated heterocycles. The number of pyridine rings is 1. The van der Waals surface area contributed by atoms with E-state index in [4.69, 9.17) is 30.5 Å². The summed E-state index contributed by atoms with van der Waals surface area (Å²) in [4.78, 5) is 31.4. The van der Waals surface area contributed by atoms with Crippen LogP contribution in [0.15, 0.2) is 42.6 Å². The number of carbonyl (C=O) groups is 2. The summed E-state index contributed by atoms with van der Waals surface area (Å²) in [6, 6.07) is 10.7. The number of carbonyl (C=O) groups excluding carboxylic acids is 2. The van der Waals surface area contributed by atoms with E-state index in [9.17, 15) is 9.59 Å². The molecule has 0 atom stereocenters. The summed E-state index contributed by atoms with van der Waals surface area (Å²) < 4.78 is 23.2. The Bertz CT molecular complexity index is 1410. The third-order valence-electron chi connectivity index (χ3n) is 7.83. The number of benzene rings is 2. The molecular formula is C32H37ClN2O6. The van der Waals surface area contributed by atoms with Crippen molar-refractivity contribution in [2.45, 2.75) is 46.0 Å². The maximum atomic E-state index is 12.8.